The number of hydrogen-bond donors (Lipinski definition) is 12. The molecule has 0 aromatic carbocycles. The Labute approximate surface area is 365 Å². The van der Waals surface area contributed by atoms with E-state index in [-0.39, 0.29) is 18.9 Å². The Balaban J connectivity index is 1.51. The lowest BCUT2D eigenvalue weighted by atomic mass is 9.96. The molecule has 364 valence electrons. The number of aliphatic hydroxyl groups is 11. The molecule has 0 spiro atoms. The molecule has 0 saturated carbocycles. The van der Waals surface area contributed by atoms with Crippen molar-refractivity contribution in [3.05, 3.63) is 12.2 Å². The molecule has 0 bridgehead atoms. The number of unbranched alkanes of at least 4 members (excludes halogenated alkanes) is 12. The number of allylic oxidation sites excluding steroid dienone is 2. The SMILES string of the molecule is CCCCCCC/C=C\CCCCCCCC(=O)NC(COC1OC(CO)C(OC2OC(CO)C(OC3OC(CO)C(O)C(O)C3O)C(O)C2O)C(O)C1O)C(O)CCCCC. The number of hydrogen-bond acceptors (Lipinski definition) is 18. The number of nitrogens with one attached hydrogen (secondary N) is 1. The first-order chi connectivity index (χ1) is 29.8. The minimum absolute atomic E-state index is 0.254. The smallest absolute Gasteiger partial charge is 0.220 e. The van der Waals surface area contributed by atoms with Crippen molar-refractivity contribution in [2.45, 2.75) is 227 Å². The predicted octanol–water partition coefficient (Wildman–Crippen LogP) is -0.475. The van der Waals surface area contributed by atoms with E-state index in [9.17, 15) is 61.0 Å². The van der Waals surface area contributed by atoms with Gasteiger partial charge in [0.15, 0.2) is 18.9 Å². The van der Waals surface area contributed by atoms with Crippen LogP contribution in [0.15, 0.2) is 12.2 Å². The van der Waals surface area contributed by atoms with E-state index < -0.39 is 124 Å². The lowest BCUT2D eigenvalue weighted by Crippen LogP contribution is -2.66. The highest BCUT2D eigenvalue weighted by Crippen LogP contribution is 2.33. The van der Waals surface area contributed by atoms with Crippen molar-refractivity contribution in [3.8, 4) is 0 Å². The summed E-state index contributed by atoms with van der Waals surface area (Å²) in [5.74, 6) is -0.267. The molecule has 0 aromatic heterocycles. The minimum Gasteiger partial charge on any atom is -0.394 e. The molecule has 1 amide bonds. The van der Waals surface area contributed by atoms with Crippen LogP contribution < -0.4 is 5.32 Å². The third-order valence-corrected chi connectivity index (χ3v) is 11.8. The summed E-state index contributed by atoms with van der Waals surface area (Å²) in [7, 11) is 0. The maximum atomic E-state index is 13.0. The summed E-state index contributed by atoms with van der Waals surface area (Å²) < 4.78 is 33.8. The van der Waals surface area contributed by atoms with Crippen LogP contribution in [-0.2, 0) is 33.2 Å². The van der Waals surface area contributed by atoms with Gasteiger partial charge in [-0.3, -0.25) is 4.79 Å². The predicted molar refractivity (Wildman–Crippen MR) is 222 cm³/mol. The van der Waals surface area contributed by atoms with Crippen LogP contribution >= 0.6 is 0 Å². The third kappa shape index (κ3) is 17.1. The summed E-state index contributed by atoms with van der Waals surface area (Å²) in [4.78, 5) is 13.0. The van der Waals surface area contributed by atoms with Crippen LogP contribution in [0.3, 0.4) is 0 Å². The van der Waals surface area contributed by atoms with Gasteiger partial charge in [0.1, 0.15) is 73.2 Å². The van der Waals surface area contributed by atoms with Gasteiger partial charge in [0.2, 0.25) is 5.91 Å². The summed E-state index contributed by atoms with van der Waals surface area (Å²) in [6, 6.07) is -0.881. The van der Waals surface area contributed by atoms with Gasteiger partial charge in [-0.05, 0) is 38.5 Å². The van der Waals surface area contributed by atoms with Crippen LogP contribution in [0.1, 0.15) is 123 Å². The van der Waals surface area contributed by atoms with E-state index in [1.807, 2.05) is 6.92 Å². The average Bonchev–Trinajstić information content (AvgIpc) is 3.26. The first-order valence-corrected chi connectivity index (χ1v) is 22.9. The topological polar surface area (TPSA) is 307 Å². The average molecular weight is 898 g/mol. The Hall–Kier alpha value is -1.47. The minimum atomic E-state index is -1.97. The highest BCUT2D eigenvalue weighted by Gasteiger charge is 2.53. The number of rotatable bonds is 30. The van der Waals surface area contributed by atoms with Gasteiger partial charge in [0.05, 0.1) is 38.6 Å². The van der Waals surface area contributed by atoms with Crippen LogP contribution in [0.25, 0.3) is 0 Å². The van der Waals surface area contributed by atoms with E-state index in [4.69, 9.17) is 28.4 Å². The Bertz CT molecular complexity index is 1220. The molecule has 17 atom stereocenters. The van der Waals surface area contributed by atoms with Crippen molar-refractivity contribution in [3.63, 3.8) is 0 Å². The van der Waals surface area contributed by atoms with Crippen molar-refractivity contribution in [2.24, 2.45) is 0 Å². The van der Waals surface area contributed by atoms with Crippen molar-refractivity contribution < 1.29 is 89.4 Å². The molecular formula is C43H79NO18. The zero-order valence-electron chi connectivity index (χ0n) is 36.6. The molecular weight excluding hydrogens is 818 g/mol. The molecule has 19 nitrogen and oxygen atoms in total. The molecule has 17 unspecified atom stereocenters. The second-order valence-corrected chi connectivity index (χ2v) is 16.9. The summed E-state index contributed by atoms with van der Waals surface area (Å²) >= 11 is 0. The van der Waals surface area contributed by atoms with Gasteiger partial charge in [-0.1, -0.05) is 90.2 Å². The molecule has 3 saturated heterocycles. The van der Waals surface area contributed by atoms with Crippen LogP contribution in [-0.4, -0.2) is 193 Å². The Kier molecular flexibility index (Phi) is 26.5. The molecule has 19 heteroatoms. The van der Waals surface area contributed by atoms with Gasteiger partial charge >= 0.3 is 0 Å². The Morgan fingerprint density at radius 2 is 1.02 bits per heavy atom. The van der Waals surface area contributed by atoms with E-state index >= 15 is 0 Å². The summed E-state index contributed by atoms with van der Waals surface area (Å²) in [5, 5.41) is 119. The lowest BCUT2D eigenvalue weighted by Gasteiger charge is -2.48. The maximum absolute atomic E-state index is 13.0. The molecule has 0 radical (unpaired) electrons. The number of carbonyl (C=O) groups excluding carboxylic acids is 1. The monoisotopic (exact) mass is 898 g/mol. The molecule has 3 aliphatic rings. The number of amides is 1. The number of aliphatic hydroxyl groups excluding tert-OH is 11. The maximum Gasteiger partial charge on any atom is 0.220 e. The van der Waals surface area contributed by atoms with E-state index in [0.29, 0.717) is 19.3 Å². The van der Waals surface area contributed by atoms with Crippen molar-refractivity contribution >= 4 is 5.91 Å². The molecule has 12 N–H and O–H groups in total. The van der Waals surface area contributed by atoms with Gasteiger partial charge in [0.25, 0.3) is 0 Å². The van der Waals surface area contributed by atoms with Crippen LogP contribution in [0.2, 0.25) is 0 Å². The zero-order valence-corrected chi connectivity index (χ0v) is 36.6. The van der Waals surface area contributed by atoms with Crippen LogP contribution in [0.5, 0.6) is 0 Å². The van der Waals surface area contributed by atoms with Crippen LogP contribution in [0, 0.1) is 0 Å². The quantitative estimate of drug-likeness (QED) is 0.0320. The van der Waals surface area contributed by atoms with Crippen molar-refractivity contribution in [1.82, 2.24) is 5.32 Å². The standard InChI is InChI=1S/C43H79NO18/c1-3-5-7-8-9-10-11-12-13-14-15-16-17-19-21-31(49)44-26(27(48)20-18-6-4-2)25-57-41-37(55)34(52)39(29(23-46)59-41)62-43-38(56)35(53)40(30(24-47)60-43)61-42-36(54)33(51)32(50)28(22-45)58-42/h11-12,26-30,32-43,45-48,50-56H,3-10,13-25H2,1-2H3,(H,44,49)/b12-11-. The van der Waals surface area contributed by atoms with Gasteiger partial charge in [0, 0.05) is 6.42 Å². The molecule has 0 aliphatic carbocycles. The fraction of sp³-hybridized carbons (Fsp3) is 0.930. The summed E-state index contributed by atoms with van der Waals surface area (Å²) in [6.07, 6.45) is -5.47. The van der Waals surface area contributed by atoms with Gasteiger partial charge in [-0.2, -0.15) is 0 Å². The third-order valence-electron chi connectivity index (χ3n) is 11.8. The van der Waals surface area contributed by atoms with Gasteiger partial charge < -0.3 is 89.9 Å². The van der Waals surface area contributed by atoms with E-state index in [0.717, 1.165) is 51.4 Å². The molecule has 3 heterocycles. The summed E-state index contributed by atoms with van der Waals surface area (Å²) in [5.41, 5.74) is 0. The molecule has 62 heavy (non-hydrogen) atoms. The van der Waals surface area contributed by atoms with Gasteiger partial charge in [-0.25, -0.2) is 0 Å². The van der Waals surface area contributed by atoms with E-state index in [1.54, 1.807) is 0 Å². The fourth-order valence-corrected chi connectivity index (χ4v) is 7.89. The van der Waals surface area contributed by atoms with Crippen molar-refractivity contribution in [1.29, 1.82) is 0 Å². The summed E-state index contributed by atoms with van der Waals surface area (Å²) in [6.45, 7) is 1.53. The Morgan fingerprint density at radius 1 is 0.565 bits per heavy atom. The fourth-order valence-electron chi connectivity index (χ4n) is 7.89. The largest absolute Gasteiger partial charge is 0.394 e. The highest BCUT2D eigenvalue weighted by atomic mass is 16.8. The van der Waals surface area contributed by atoms with Crippen LogP contribution in [0.4, 0.5) is 0 Å². The Morgan fingerprint density at radius 3 is 1.56 bits per heavy atom. The number of carbonyl (C=O) groups is 1. The lowest BCUT2D eigenvalue weighted by molar-refractivity contribution is -0.379. The first kappa shape index (κ1) is 54.9. The highest BCUT2D eigenvalue weighted by molar-refractivity contribution is 5.76. The van der Waals surface area contributed by atoms with Crippen molar-refractivity contribution in [2.75, 3.05) is 26.4 Å². The van der Waals surface area contributed by atoms with E-state index in [1.165, 1.54) is 32.1 Å². The second kappa shape index (κ2) is 29.9. The molecule has 0 aromatic rings. The number of ether oxygens (including phenoxy) is 6. The van der Waals surface area contributed by atoms with E-state index in [2.05, 4.69) is 24.4 Å². The first-order valence-electron chi connectivity index (χ1n) is 22.9. The zero-order chi connectivity index (χ0) is 45.6. The normalized spacial score (nSPS) is 35.3. The molecule has 3 rings (SSSR count). The molecule has 3 aliphatic heterocycles. The molecule has 3 fully saturated rings. The van der Waals surface area contributed by atoms with Gasteiger partial charge in [-0.15, -0.1) is 0 Å². The second-order valence-electron chi connectivity index (χ2n) is 16.9.